The Morgan fingerprint density at radius 1 is 1.05 bits per heavy atom. The second kappa shape index (κ2) is 12.6. The van der Waals surface area contributed by atoms with E-state index in [1.54, 1.807) is 33.0 Å². The lowest BCUT2D eigenvalue weighted by Crippen LogP contribution is -2.60. The summed E-state index contributed by atoms with van der Waals surface area (Å²) >= 11 is 0. The number of aromatic hydroxyl groups is 1. The number of likely N-dealkylation sites (N-methyl/N-ethyl adjacent to an activating group) is 1. The Balaban J connectivity index is 1.70. The summed E-state index contributed by atoms with van der Waals surface area (Å²) in [7, 11) is 1.56. The number of ketones is 1. The van der Waals surface area contributed by atoms with E-state index < -0.39 is 53.8 Å². The highest BCUT2D eigenvalue weighted by atomic mass is 16.5. The van der Waals surface area contributed by atoms with E-state index in [0.717, 1.165) is 5.56 Å². The van der Waals surface area contributed by atoms with Crippen molar-refractivity contribution in [3.05, 3.63) is 65.7 Å². The van der Waals surface area contributed by atoms with Crippen LogP contribution in [0.1, 0.15) is 36.2 Å². The fraction of sp³-hybridized carbons (Fsp3) is 0.467. The van der Waals surface area contributed by atoms with Crippen LogP contribution in [-0.2, 0) is 25.5 Å². The number of aliphatic hydroxyl groups is 1. The minimum absolute atomic E-state index is 0.00995. The number of nitrogens with zero attached hydrogens (tertiary/aromatic N) is 1. The first-order valence-electron chi connectivity index (χ1n) is 13.6. The highest BCUT2D eigenvalue weighted by molar-refractivity contribution is 6.00. The van der Waals surface area contributed by atoms with Crippen LogP contribution in [0.15, 0.2) is 54.6 Å². The number of hydrogen-bond acceptors (Lipinski definition) is 7. The van der Waals surface area contributed by atoms with Gasteiger partial charge >= 0.3 is 0 Å². The molecule has 214 valence electrons. The Labute approximate surface area is 233 Å². The molecule has 0 radical (unpaired) electrons. The van der Waals surface area contributed by atoms with Crippen LogP contribution < -0.4 is 10.6 Å². The van der Waals surface area contributed by atoms with Gasteiger partial charge in [0, 0.05) is 19.4 Å². The molecule has 10 heteroatoms. The molecule has 0 saturated carbocycles. The van der Waals surface area contributed by atoms with Crippen molar-refractivity contribution in [3.63, 3.8) is 0 Å². The molecule has 3 amide bonds. The average Bonchev–Trinajstić information content (AvgIpc) is 2.91. The summed E-state index contributed by atoms with van der Waals surface area (Å²) in [4.78, 5) is 55.4. The van der Waals surface area contributed by atoms with Crippen molar-refractivity contribution in [3.8, 4) is 5.75 Å². The molecular formula is C30H37N3O7. The van der Waals surface area contributed by atoms with Gasteiger partial charge in [-0.1, -0.05) is 56.3 Å². The number of phenolic OH excluding ortho intramolecular Hbond substituents is 1. The van der Waals surface area contributed by atoms with Crippen LogP contribution in [0.25, 0.3) is 0 Å². The molecule has 2 aromatic rings. The molecule has 0 aliphatic carbocycles. The molecule has 40 heavy (non-hydrogen) atoms. The van der Waals surface area contributed by atoms with E-state index in [4.69, 9.17) is 4.74 Å². The van der Waals surface area contributed by atoms with Crippen molar-refractivity contribution in [1.82, 2.24) is 15.5 Å². The molecule has 0 spiro atoms. The average molecular weight is 552 g/mol. The number of benzene rings is 2. The van der Waals surface area contributed by atoms with E-state index in [-0.39, 0.29) is 35.9 Å². The zero-order valence-corrected chi connectivity index (χ0v) is 22.9. The third kappa shape index (κ3) is 6.34. The van der Waals surface area contributed by atoms with Crippen molar-refractivity contribution in [2.24, 2.45) is 17.8 Å². The number of ether oxygens (including phenoxy) is 1. The summed E-state index contributed by atoms with van der Waals surface area (Å²) in [5.41, 5.74) is 0.832. The Bertz CT molecular complexity index is 1230. The summed E-state index contributed by atoms with van der Waals surface area (Å²) in [6.45, 7) is 3.91. The summed E-state index contributed by atoms with van der Waals surface area (Å²) in [6.07, 6.45) is -1.13. The highest BCUT2D eigenvalue weighted by Gasteiger charge is 2.44. The molecule has 10 nitrogen and oxygen atoms in total. The summed E-state index contributed by atoms with van der Waals surface area (Å²) < 4.78 is 5.32. The molecule has 4 rings (SSSR count). The predicted molar refractivity (Wildman–Crippen MR) is 146 cm³/mol. The first kappa shape index (κ1) is 29.2. The summed E-state index contributed by atoms with van der Waals surface area (Å²) in [6, 6.07) is 12.4. The number of aliphatic hydroxyl groups excluding tert-OH is 1. The second-order valence-corrected chi connectivity index (χ2v) is 10.9. The molecule has 2 heterocycles. The number of carbonyl (C=O) groups excluding carboxylic acids is 4. The first-order valence-corrected chi connectivity index (χ1v) is 13.6. The molecule has 2 aromatic carbocycles. The molecule has 2 aliphatic heterocycles. The smallest absolute Gasteiger partial charge is 0.255 e. The van der Waals surface area contributed by atoms with Crippen LogP contribution >= 0.6 is 0 Å². The van der Waals surface area contributed by atoms with Crippen molar-refractivity contribution in [1.29, 1.82) is 0 Å². The van der Waals surface area contributed by atoms with Gasteiger partial charge in [0.15, 0.2) is 5.78 Å². The van der Waals surface area contributed by atoms with Gasteiger partial charge in [-0.15, -0.1) is 0 Å². The Hall–Kier alpha value is -3.76. The standard InChI is InChI=1S/C30H37N3O7/c1-17-13-24(35)26(20-15-40-16-20)33(3)30(39)18(2)27(36)22(14-19-9-5-4-6-10-19)31-29(38)25(17)32-28(37)21-11-7-8-12-23(21)34/h4-12,17-18,20,22,25-27,34,36H,13-16H2,1-3H3,(H,31,38)(H,32,37)/t17-,18+,22-,25-,26?,27-/m0/s1. The number of para-hydroxylation sites is 1. The van der Waals surface area contributed by atoms with Crippen LogP contribution in [0.3, 0.4) is 0 Å². The van der Waals surface area contributed by atoms with E-state index in [1.165, 1.54) is 17.0 Å². The fourth-order valence-electron chi connectivity index (χ4n) is 5.49. The monoisotopic (exact) mass is 551 g/mol. The number of Topliss-reactive ketones (excluding diaryl/α,β-unsaturated/α-hetero) is 1. The third-order valence-electron chi connectivity index (χ3n) is 7.96. The van der Waals surface area contributed by atoms with E-state index in [1.807, 2.05) is 30.3 Å². The lowest BCUT2D eigenvalue weighted by atomic mass is 9.84. The summed E-state index contributed by atoms with van der Waals surface area (Å²) in [5, 5.41) is 27.2. The topological polar surface area (TPSA) is 145 Å². The van der Waals surface area contributed by atoms with Crippen molar-refractivity contribution in [2.75, 3.05) is 20.3 Å². The van der Waals surface area contributed by atoms with Crippen LogP contribution in [0.5, 0.6) is 5.75 Å². The van der Waals surface area contributed by atoms with Crippen molar-refractivity contribution in [2.45, 2.75) is 50.9 Å². The fourth-order valence-corrected chi connectivity index (χ4v) is 5.49. The number of rotatable bonds is 5. The SMILES string of the molecule is C[C@H]1CC(=O)C(C2COC2)N(C)C(=O)[C@H](C)[C@H](O)[C@H](Cc2ccccc2)NC(=O)[C@H]1NC(=O)c1ccccc1O. The largest absolute Gasteiger partial charge is 0.507 e. The molecule has 2 aliphatic rings. The number of phenols is 1. The maximum absolute atomic E-state index is 13.8. The molecule has 2 fully saturated rings. The normalized spacial score (nSPS) is 28.6. The van der Waals surface area contributed by atoms with Gasteiger partial charge in [-0.05, 0) is 30.0 Å². The van der Waals surface area contributed by atoms with Gasteiger partial charge in [-0.25, -0.2) is 0 Å². The lowest BCUT2D eigenvalue weighted by Gasteiger charge is -2.41. The number of carbonyl (C=O) groups is 4. The van der Waals surface area contributed by atoms with Crippen LogP contribution in [0, 0.1) is 17.8 Å². The zero-order valence-electron chi connectivity index (χ0n) is 22.9. The second-order valence-electron chi connectivity index (χ2n) is 10.9. The number of hydrogen-bond donors (Lipinski definition) is 4. The number of nitrogens with one attached hydrogen (secondary N) is 2. The molecule has 1 unspecified atom stereocenters. The van der Waals surface area contributed by atoms with Crippen molar-refractivity contribution >= 4 is 23.5 Å². The quantitative estimate of drug-likeness (QED) is 0.438. The molecule has 6 atom stereocenters. The van der Waals surface area contributed by atoms with Crippen LogP contribution in [0.4, 0.5) is 0 Å². The maximum atomic E-state index is 13.8. The minimum Gasteiger partial charge on any atom is -0.507 e. The highest BCUT2D eigenvalue weighted by Crippen LogP contribution is 2.27. The van der Waals surface area contributed by atoms with E-state index in [9.17, 15) is 29.4 Å². The Morgan fingerprint density at radius 2 is 1.70 bits per heavy atom. The Morgan fingerprint density at radius 3 is 2.33 bits per heavy atom. The molecular weight excluding hydrogens is 514 g/mol. The molecule has 2 saturated heterocycles. The van der Waals surface area contributed by atoms with Gasteiger partial charge in [0.05, 0.1) is 42.9 Å². The molecule has 0 aromatic heterocycles. The van der Waals surface area contributed by atoms with Gasteiger partial charge in [-0.2, -0.15) is 0 Å². The first-order chi connectivity index (χ1) is 19.1. The van der Waals surface area contributed by atoms with Gasteiger partial charge in [0.25, 0.3) is 5.91 Å². The van der Waals surface area contributed by atoms with E-state index in [0.29, 0.717) is 13.2 Å². The van der Waals surface area contributed by atoms with E-state index in [2.05, 4.69) is 10.6 Å². The van der Waals surface area contributed by atoms with E-state index >= 15 is 0 Å². The predicted octanol–water partition coefficient (Wildman–Crippen LogP) is 1.30. The summed E-state index contributed by atoms with van der Waals surface area (Å²) in [5.74, 6) is -3.97. The molecule has 0 bridgehead atoms. The van der Waals surface area contributed by atoms with Crippen LogP contribution in [-0.4, -0.2) is 83.1 Å². The van der Waals surface area contributed by atoms with Gasteiger partial charge in [0.2, 0.25) is 11.8 Å². The number of amides is 3. The van der Waals surface area contributed by atoms with Crippen molar-refractivity contribution < 1.29 is 34.1 Å². The van der Waals surface area contributed by atoms with Gasteiger partial charge < -0.3 is 30.5 Å². The van der Waals surface area contributed by atoms with Gasteiger partial charge in [0.1, 0.15) is 11.8 Å². The Kier molecular flexibility index (Phi) is 9.21. The minimum atomic E-state index is -1.28. The molecule has 4 N–H and O–H groups in total. The maximum Gasteiger partial charge on any atom is 0.255 e. The zero-order chi connectivity index (χ0) is 29.0. The lowest BCUT2D eigenvalue weighted by molar-refractivity contribution is -0.154. The van der Waals surface area contributed by atoms with Crippen LogP contribution in [0.2, 0.25) is 0 Å². The third-order valence-corrected chi connectivity index (χ3v) is 7.96. The van der Waals surface area contributed by atoms with Gasteiger partial charge in [-0.3, -0.25) is 19.2 Å².